The van der Waals surface area contributed by atoms with Crippen molar-refractivity contribution in [1.82, 2.24) is 5.32 Å². The maximum atomic E-state index is 11.1. The molecule has 0 aliphatic rings. The fourth-order valence-corrected chi connectivity index (χ4v) is 0.964. The van der Waals surface area contributed by atoms with Gasteiger partial charge in [0, 0.05) is 26.2 Å². The van der Waals surface area contributed by atoms with Crippen molar-refractivity contribution in [1.29, 1.82) is 0 Å². The fourth-order valence-electron chi connectivity index (χ4n) is 0.964. The minimum Gasteiger partial charge on any atom is -0.396 e. The summed E-state index contributed by atoms with van der Waals surface area (Å²) in [5.74, 6) is 0.0269. The van der Waals surface area contributed by atoms with Crippen LogP contribution in [-0.2, 0) is 9.53 Å². The maximum absolute atomic E-state index is 11.1. The topological polar surface area (TPSA) is 58.6 Å². The van der Waals surface area contributed by atoms with Crippen molar-refractivity contribution in [2.24, 2.45) is 0 Å². The smallest absolute Gasteiger partial charge is 0.222 e. The summed E-state index contributed by atoms with van der Waals surface area (Å²) in [6, 6.07) is 0. The summed E-state index contributed by atoms with van der Waals surface area (Å²) in [7, 11) is 0. The molecule has 0 saturated carbocycles. The summed E-state index contributed by atoms with van der Waals surface area (Å²) in [5.41, 5.74) is 0. The largest absolute Gasteiger partial charge is 0.396 e. The SMILES string of the molecule is CCCOCCC(=O)NCCCCO. The summed E-state index contributed by atoms with van der Waals surface area (Å²) < 4.78 is 5.18. The number of hydrogen-bond donors (Lipinski definition) is 2. The van der Waals surface area contributed by atoms with E-state index >= 15 is 0 Å². The number of carbonyl (C=O) groups excluding carboxylic acids is 1. The van der Waals surface area contributed by atoms with Gasteiger partial charge in [-0.3, -0.25) is 4.79 Å². The number of unbranched alkanes of at least 4 members (excludes halogenated alkanes) is 1. The van der Waals surface area contributed by atoms with Gasteiger partial charge < -0.3 is 15.2 Å². The van der Waals surface area contributed by atoms with Crippen LogP contribution in [0.15, 0.2) is 0 Å². The van der Waals surface area contributed by atoms with E-state index in [1.165, 1.54) is 0 Å². The number of carbonyl (C=O) groups is 1. The molecule has 0 aromatic rings. The van der Waals surface area contributed by atoms with E-state index < -0.39 is 0 Å². The van der Waals surface area contributed by atoms with Crippen LogP contribution in [0, 0.1) is 0 Å². The van der Waals surface area contributed by atoms with Gasteiger partial charge in [0.15, 0.2) is 0 Å². The molecule has 0 atom stereocenters. The third-order valence-corrected chi connectivity index (χ3v) is 1.73. The quantitative estimate of drug-likeness (QED) is 0.542. The van der Waals surface area contributed by atoms with Crippen LogP contribution in [0.25, 0.3) is 0 Å². The van der Waals surface area contributed by atoms with Crippen molar-refractivity contribution >= 4 is 5.91 Å². The second-order valence-corrected chi connectivity index (χ2v) is 3.14. The number of hydrogen-bond acceptors (Lipinski definition) is 3. The zero-order chi connectivity index (χ0) is 10.6. The van der Waals surface area contributed by atoms with E-state index in [1.54, 1.807) is 0 Å². The van der Waals surface area contributed by atoms with Gasteiger partial charge in [-0.25, -0.2) is 0 Å². The lowest BCUT2D eigenvalue weighted by molar-refractivity contribution is -0.122. The molecular formula is C10H21NO3. The van der Waals surface area contributed by atoms with Crippen molar-refractivity contribution < 1.29 is 14.6 Å². The molecule has 14 heavy (non-hydrogen) atoms. The summed E-state index contributed by atoms with van der Waals surface area (Å²) in [6.45, 7) is 4.09. The first-order chi connectivity index (χ1) is 6.81. The van der Waals surface area contributed by atoms with E-state index in [9.17, 15) is 4.79 Å². The molecule has 0 rings (SSSR count). The van der Waals surface area contributed by atoms with Crippen LogP contribution in [0.1, 0.15) is 32.6 Å². The summed E-state index contributed by atoms with van der Waals surface area (Å²) in [5, 5.41) is 11.3. The van der Waals surface area contributed by atoms with Crippen LogP contribution in [0.2, 0.25) is 0 Å². The molecule has 0 radical (unpaired) electrons. The van der Waals surface area contributed by atoms with Gasteiger partial charge in [0.05, 0.1) is 6.61 Å². The molecule has 0 fully saturated rings. The number of amides is 1. The molecular weight excluding hydrogens is 182 g/mol. The molecule has 0 saturated heterocycles. The lowest BCUT2D eigenvalue weighted by Gasteiger charge is -2.04. The molecule has 4 nitrogen and oxygen atoms in total. The number of rotatable bonds is 9. The van der Waals surface area contributed by atoms with Crippen LogP contribution in [0.4, 0.5) is 0 Å². The van der Waals surface area contributed by atoms with Crippen molar-refractivity contribution in [3.8, 4) is 0 Å². The van der Waals surface area contributed by atoms with Gasteiger partial charge in [-0.05, 0) is 19.3 Å². The zero-order valence-corrected chi connectivity index (χ0v) is 8.92. The molecule has 0 heterocycles. The van der Waals surface area contributed by atoms with Crippen LogP contribution in [-0.4, -0.2) is 37.4 Å². The fraction of sp³-hybridized carbons (Fsp3) is 0.900. The maximum Gasteiger partial charge on any atom is 0.222 e. The van der Waals surface area contributed by atoms with Gasteiger partial charge in [0.1, 0.15) is 0 Å². The van der Waals surface area contributed by atoms with Crippen LogP contribution in [0.5, 0.6) is 0 Å². The minimum atomic E-state index is 0.0269. The van der Waals surface area contributed by atoms with E-state index in [0.29, 0.717) is 19.6 Å². The highest BCUT2D eigenvalue weighted by Gasteiger charge is 1.99. The minimum absolute atomic E-state index is 0.0269. The van der Waals surface area contributed by atoms with Crippen molar-refractivity contribution in [3.63, 3.8) is 0 Å². The Balaban J connectivity index is 3.11. The zero-order valence-electron chi connectivity index (χ0n) is 8.92. The van der Waals surface area contributed by atoms with Gasteiger partial charge >= 0.3 is 0 Å². The first-order valence-corrected chi connectivity index (χ1v) is 5.26. The van der Waals surface area contributed by atoms with Gasteiger partial charge in [0.25, 0.3) is 0 Å². The Morgan fingerprint density at radius 1 is 1.36 bits per heavy atom. The van der Waals surface area contributed by atoms with E-state index in [4.69, 9.17) is 9.84 Å². The molecule has 0 aromatic heterocycles. The van der Waals surface area contributed by atoms with E-state index in [1.807, 2.05) is 6.92 Å². The summed E-state index contributed by atoms with van der Waals surface area (Å²) in [6.07, 6.45) is 2.99. The highest BCUT2D eigenvalue weighted by atomic mass is 16.5. The lowest BCUT2D eigenvalue weighted by Crippen LogP contribution is -2.25. The molecule has 0 bridgehead atoms. The van der Waals surface area contributed by atoms with Gasteiger partial charge in [0.2, 0.25) is 5.91 Å². The van der Waals surface area contributed by atoms with Crippen molar-refractivity contribution in [2.45, 2.75) is 32.6 Å². The number of nitrogens with one attached hydrogen (secondary N) is 1. The van der Waals surface area contributed by atoms with Crippen LogP contribution >= 0.6 is 0 Å². The van der Waals surface area contributed by atoms with Gasteiger partial charge in [-0.2, -0.15) is 0 Å². The monoisotopic (exact) mass is 203 g/mol. The molecule has 0 unspecified atom stereocenters. The Bertz CT molecular complexity index is 125. The first kappa shape index (κ1) is 13.4. The predicted molar refractivity (Wildman–Crippen MR) is 55.1 cm³/mol. The average Bonchev–Trinajstić information content (AvgIpc) is 2.19. The van der Waals surface area contributed by atoms with Crippen LogP contribution < -0.4 is 5.32 Å². The van der Waals surface area contributed by atoms with Crippen molar-refractivity contribution in [3.05, 3.63) is 0 Å². The van der Waals surface area contributed by atoms with E-state index in [0.717, 1.165) is 25.9 Å². The first-order valence-electron chi connectivity index (χ1n) is 5.26. The summed E-state index contributed by atoms with van der Waals surface area (Å²) in [4.78, 5) is 11.1. The van der Waals surface area contributed by atoms with Crippen LogP contribution in [0.3, 0.4) is 0 Å². The molecule has 0 aromatic carbocycles. The van der Waals surface area contributed by atoms with Crippen molar-refractivity contribution in [2.75, 3.05) is 26.4 Å². The second-order valence-electron chi connectivity index (χ2n) is 3.14. The Kier molecular flexibility index (Phi) is 10.0. The Hall–Kier alpha value is -0.610. The third kappa shape index (κ3) is 9.48. The van der Waals surface area contributed by atoms with E-state index in [-0.39, 0.29) is 12.5 Å². The Morgan fingerprint density at radius 2 is 2.14 bits per heavy atom. The highest BCUT2D eigenvalue weighted by molar-refractivity contribution is 5.75. The van der Waals surface area contributed by atoms with Gasteiger partial charge in [-0.1, -0.05) is 6.92 Å². The summed E-state index contributed by atoms with van der Waals surface area (Å²) >= 11 is 0. The number of aliphatic hydroxyl groups excluding tert-OH is 1. The number of aliphatic hydroxyl groups is 1. The molecule has 0 aliphatic heterocycles. The Labute approximate surface area is 85.6 Å². The standard InChI is InChI=1S/C10H21NO3/c1-2-8-14-9-5-10(13)11-6-3-4-7-12/h12H,2-9H2,1H3,(H,11,13). The number of ether oxygens (including phenoxy) is 1. The molecule has 1 amide bonds. The molecule has 0 aliphatic carbocycles. The van der Waals surface area contributed by atoms with Gasteiger partial charge in [-0.15, -0.1) is 0 Å². The normalized spacial score (nSPS) is 10.1. The van der Waals surface area contributed by atoms with E-state index in [2.05, 4.69) is 5.32 Å². The molecule has 84 valence electrons. The molecule has 4 heteroatoms. The second kappa shape index (κ2) is 10.5. The highest BCUT2D eigenvalue weighted by Crippen LogP contribution is 1.87. The molecule has 0 spiro atoms. The Morgan fingerprint density at radius 3 is 2.79 bits per heavy atom. The lowest BCUT2D eigenvalue weighted by atomic mass is 10.3. The average molecular weight is 203 g/mol. The third-order valence-electron chi connectivity index (χ3n) is 1.73. The molecule has 2 N–H and O–H groups in total. The predicted octanol–water partition coefficient (Wildman–Crippen LogP) is 0.692.